The molecular weight excluding hydrogens is 373 g/mol. The number of benzene rings is 1. The molecule has 0 saturated carbocycles. The number of likely N-dealkylation sites (tertiary alicyclic amines) is 1. The molecule has 1 aliphatic heterocycles. The molecule has 0 bridgehead atoms. The van der Waals surface area contributed by atoms with E-state index in [-0.39, 0.29) is 30.0 Å². The van der Waals surface area contributed by atoms with Crippen LogP contribution < -0.4 is 0 Å². The number of rotatable bonds is 7. The van der Waals surface area contributed by atoms with Gasteiger partial charge in [0.15, 0.2) is 5.69 Å². The van der Waals surface area contributed by atoms with Crippen LogP contribution in [0.4, 0.5) is 4.39 Å². The lowest BCUT2D eigenvalue weighted by Crippen LogP contribution is -2.42. The van der Waals surface area contributed by atoms with Crippen molar-refractivity contribution in [2.45, 2.75) is 39.7 Å². The Morgan fingerprint density at radius 2 is 2.00 bits per heavy atom. The molecule has 1 unspecified atom stereocenters. The molecule has 2 aromatic rings. The van der Waals surface area contributed by atoms with E-state index in [0.717, 1.165) is 12.8 Å². The molecule has 1 saturated heterocycles. The SMILES string of the molecule is CCN(CC)C(=O)c1cn(CC2CCCN(C(=O)Cc3ccccc3F)C2)nn1. The fourth-order valence-corrected chi connectivity index (χ4v) is 3.78. The first kappa shape index (κ1) is 21.0. The Kier molecular flexibility index (Phi) is 6.95. The van der Waals surface area contributed by atoms with E-state index < -0.39 is 0 Å². The van der Waals surface area contributed by atoms with Crippen molar-refractivity contribution in [1.29, 1.82) is 0 Å². The molecule has 0 aliphatic carbocycles. The normalized spacial score (nSPS) is 16.7. The van der Waals surface area contributed by atoms with Crippen LogP contribution in [0.25, 0.3) is 0 Å². The number of amides is 2. The van der Waals surface area contributed by atoms with Crippen molar-refractivity contribution in [1.82, 2.24) is 24.8 Å². The largest absolute Gasteiger partial charge is 0.342 e. The lowest BCUT2D eigenvalue weighted by atomic mass is 9.97. The zero-order chi connectivity index (χ0) is 20.8. The minimum atomic E-state index is -0.345. The predicted molar refractivity (Wildman–Crippen MR) is 107 cm³/mol. The maximum Gasteiger partial charge on any atom is 0.276 e. The maximum absolute atomic E-state index is 13.8. The molecule has 1 aliphatic rings. The summed E-state index contributed by atoms with van der Waals surface area (Å²) in [5.74, 6) is -0.295. The molecule has 1 atom stereocenters. The Balaban J connectivity index is 1.58. The predicted octanol–water partition coefficient (Wildman–Crippen LogP) is 2.38. The van der Waals surface area contributed by atoms with Crippen LogP contribution in [0.15, 0.2) is 30.5 Å². The summed E-state index contributed by atoms with van der Waals surface area (Å²) in [6.45, 7) is 7.01. The fraction of sp³-hybridized carbons (Fsp3) is 0.524. The zero-order valence-corrected chi connectivity index (χ0v) is 17.1. The highest BCUT2D eigenvalue weighted by molar-refractivity contribution is 5.91. The van der Waals surface area contributed by atoms with Gasteiger partial charge < -0.3 is 9.80 Å². The van der Waals surface area contributed by atoms with Gasteiger partial charge in [-0.3, -0.25) is 14.3 Å². The van der Waals surface area contributed by atoms with Crippen LogP contribution in [0.5, 0.6) is 0 Å². The van der Waals surface area contributed by atoms with Crippen LogP contribution in [-0.4, -0.2) is 62.8 Å². The van der Waals surface area contributed by atoms with Crippen molar-refractivity contribution in [3.8, 4) is 0 Å². The molecule has 7 nitrogen and oxygen atoms in total. The van der Waals surface area contributed by atoms with Gasteiger partial charge in [-0.25, -0.2) is 4.39 Å². The van der Waals surface area contributed by atoms with Crippen LogP contribution in [0, 0.1) is 11.7 Å². The lowest BCUT2D eigenvalue weighted by molar-refractivity contribution is -0.132. The number of carbonyl (C=O) groups excluding carboxylic acids is 2. The first-order valence-electron chi connectivity index (χ1n) is 10.2. The van der Waals surface area contributed by atoms with Gasteiger partial charge in [0, 0.05) is 32.7 Å². The highest BCUT2D eigenvalue weighted by Gasteiger charge is 2.25. The van der Waals surface area contributed by atoms with E-state index in [2.05, 4.69) is 10.3 Å². The first-order valence-corrected chi connectivity index (χ1v) is 10.2. The maximum atomic E-state index is 13.8. The Hall–Kier alpha value is -2.77. The van der Waals surface area contributed by atoms with Gasteiger partial charge in [-0.05, 0) is 44.2 Å². The molecule has 0 spiro atoms. The molecule has 2 amide bonds. The van der Waals surface area contributed by atoms with Crippen molar-refractivity contribution in [3.63, 3.8) is 0 Å². The lowest BCUT2D eigenvalue weighted by Gasteiger charge is -2.32. The van der Waals surface area contributed by atoms with Gasteiger partial charge >= 0.3 is 0 Å². The quantitative estimate of drug-likeness (QED) is 0.714. The molecule has 0 N–H and O–H groups in total. The van der Waals surface area contributed by atoms with Gasteiger partial charge in [0.1, 0.15) is 5.82 Å². The Morgan fingerprint density at radius 3 is 2.72 bits per heavy atom. The summed E-state index contributed by atoms with van der Waals surface area (Å²) < 4.78 is 15.5. The number of nitrogens with zero attached hydrogens (tertiary/aromatic N) is 5. The Labute approximate surface area is 170 Å². The summed E-state index contributed by atoms with van der Waals surface area (Å²) in [7, 11) is 0. The molecule has 1 aromatic heterocycles. The van der Waals surface area contributed by atoms with E-state index in [1.807, 2.05) is 13.8 Å². The van der Waals surface area contributed by atoms with Gasteiger partial charge in [-0.2, -0.15) is 0 Å². The fourth-order valence-electron chi connectivity index (χ4n) is 3.78. The van der Waals surface area contributed by atoms with Gasteiger partial charge in [0.2, 0.25) is 5.91 Å². The molecule has 29 heavy (non-hydrogen) atoms. The standard InChI is InChI=1S/C21H28FN5O2/c1-3-25(4-2)21(29)19-15-27(24-23-19)14-16-8-7-11-26(13-16)20(28)12-17-9-5-6-10-18(17)22/h5-6,9-10,15-16H,3-4,7-8,11-14H2,1-2H3. The molecule has 0 radical (unpaired) electrons. The van der Waals surface area contributed by atoms with Crippen LogP contribution in [0.1, 0.15) is 42.7 Å². The Morgan fingerprint density at radius 1 is 1.24 bits per heavy atom. The van der Waals surface area contributed by atoms with Crippen molar-refractivity contribution >= 4 is 11.8 Å². The summed E-state index contributed by atoms with van der Waals surface area (Å²) in [6.07, 6.45) is 3.63. The average molecular weight is 401 g/mol. The first-order chi connectivity index (χ1) is 14.0. The zero-order valence-electron chi connectivity index (χ0n) is 17.1. The summed E-state index contributed by atoms with van der Waals surface area (Å²) in [5.41, 5.74) is 0.771. The number of aromatic nitrogens is 3. The van der Waals surface area contributed by atoms with E-state index in [9.17, 15) is 14.0 Å². The molecular formula is C21H28FN5O2. The number of carbonyl (C=O) groups is 2. The van der Waals surface area contributed by atoms with Crippen molar-refractivity contribution in [3.05, 3.63) is 47.5 Å². The number of hydrogen-bond acceptors (Lipinski definition) is 4. The second-order valence-electron chi connectivity index (χ2n) is 7.42. The highest BCUT2D eigenvalue weighted by atomic mass is 19.1. The Bertz CT molecular complexity index is 849. The second-order valence-corrected chi connectivity index (χ2v) is 7.42. The van der Waals surface area contributed by atoms with E-state index in [1.54, 1.807) is 38.9 Å². The van der Waals surface area contributed by atoms with Gasteiger partial charge in [0.25, 0.3) is 5.91 Å². The number of piperidine rings is 1. The third kappa shape index (κ3) is 5.19. The van der Waals surface area contributed by atoms with Crippen LogP contribution in [0.3, 0.4) is 0 Å². The van der Waals surface area contributed by atoms with Crippen molar-refractivity contribution in [2.75, 3.05) is 26.2 Å². The minimum Gasteiger partial charge on any atom is -0.342 e. The third-order valence-electron chi connectivity index (χ3n) is 5.42. The smallest absolute Gasteiger partial charge is 0.276 e. The topological polar surface area (TPSA) is 71.3 Å². The molecule has 2 heterocycles. The highest BCUT2D eigenvalue weighted by Crippen LogP contribution is 2.20. The minimum absolute atomic E-state index is 0.0595. The van der Waals surface area contributed by atoms with Crippen molar-refractivity contribution in [2.24, 2.45) is 5.92 Å². The molecule has 3 rings (SSSR count). The van der Waals surface area contributed by atoms with E-state index >= 15 is 0 Å². The second kappa shape index (κ2) is 9.62. The third-order valence-corrected chi connectivity index (χ3v) is 5.42. The molecule has 156 valence electrons. The van der Waals surface area contributed by atoms with Gasteiger partial charge in [-0.1, -0.05) is 23.4 Å². The number of hydrogen-bond donors (Lipinski definition) is 0. The van der Waals surface area contributed by atoms with E-state index in [1.165, 1.54) is 6.07 Å². The molecule has 1 fully saturated rings. The van der Waals surface area contributed by atoms with Crippen LogP contribution >= 0.6 is 0 Å². The van der Waals surface area contributed by atoms with Crippen LogP contribution in [-0.2, 0) is 17.8 Å². The van der Waals surface area contributed by atoms with Gasteiger partial charge in [0.05, 0.1) is 12.6 Å². The summed E-state index contributed by atoms with van der Waals surface area (Å²) in [6, 6.07) is 6.39. The summed E-state index contributed by atoms with van der Waals surface area (Å²) >= 11 is 0. The van der Waals surface area contributed by atoms with Crippen molar-refractivity contribution < 1.29 is 14.0 Å². The monoisotopic (exact) mass is 401 g/mol. The van der Waals surface area contributed by atoms with Gasteiger partial charge in [-0.15, -0.1) is 5.10 Å². The molecule has 8 heteroatoms. The average Bonchev–Trinajstić information content (AvgIpc) is 3.19. The van der Waals surface area contributed by atoms with Crippen LogP contribution in [0.2, 0.25) is 0 Å². The van der Waals surface area contributed by atoms with E-state index in [4.69, 9.17) is 0 Å². The van der Waals surface area contributed by atoms with E-state index in [0.29, 0.717) is 44.0 Å². The summed E-state index contributed by atoms with van der Waals surface area (Å²) in [4.78, 5) is 28.5. The molecule has 1 aromatic carbocycles. The number of halogens is 1. The summed E-state index contributed by atoms with van der Waals surface area (Å²) in [5, 5.41) is 8.12.